The molecule has 0 bridgehead atoms. The SMILES string of the molecule is C.O=C(NC1CCCCC1)NC1CCCCC1. The van der Waals surface area contributed by atoms with Crippen molar-refractivity contribution in [2.24, 2.45) is 0 Å². The van der Waals surface area contributed by atoms with Gasteiger partial charge in [0, 0.05) is 12.1 Å². The van der Waals surface area contributed by atoms with Crippen LogP contribution in [0.1, 0.15) is 71.6 Å². The molecule has 0 atom stereocenters. The van der Waals surface area contributed by atoms with Gasteiger partial charge < -0.3 is 10.6 Å². The van der Waals surface area contributed by atoms with Crippen LogP contribution in [0.2, 0.25) is 0 Å². The lowest BCUT2D eigenvalue weighted by Crippen LogP contribution is -2.47. The highest BCUT2D eigenvalue weighted by molar-refractivity contribution is 5.74. The highest BCUT2D eigenvalue weighted by atomic mass is 16.2. The molecule has 2 rings (SSSR count). The minimum absolute atomic E-state index is 0. The van der Waals surface area contributed by atoms with E-state index >= 15 is 0 Å². The quantitative estimate of drug-likeness (QED) is 0.761. The van der Waals surface area contributed by atoms with Gasteiger partial charge in [0.15, 0.2) is 0 Å². The van der Waals surface area contributed by atoms with E-state index in [2.05, 4.69) is 10.6 Å². The Morgan fingerprint density at radius 1 is 0.706 bits per heavy atom. The largest absolute Gasteiger partial charge is 0.335 e. The van der Waals surface area contributed by atoms with E-state index < -0.39 is 0 Å². The molecule has 0 aromatic heterocycles. The maximum atomic E-state index is 11.8. The van der Waals surface area contributed by atoms with E-state index in [1.807, 2.05) is 0 Å². The number of amides is 2. The van der Waals surface area contributed by atoms with Crippen molar-refractivity contribution in [2.45, 2.75) is 83.7 Å². The summed E-state index contributed by atoms with van der Waals surface area (Å²) in [4.78, 5) is 11.8. The first-order valence-corrected chi connectivity index (χ1v) is 6.91. The topological polar surface area (TPSA) is 41.1 Å². The summed E-state index contributed by atoms with van der Waals surface area (Å²) in [6.45, 7) is 0. The van der Waals surface area contributed by atoms with Crippen LogP contribution in [0.4, 0.5) is 4.79 Å². The van der Waals surface area contributed by atoms with Gasteiger partial charge in [-0.15, -0.1) is 0 Å². The molecule has 2 fully saturated rings. The molecule has 0 spiro atoms. The van der Waals surface area contributed by atoms with Crippen molar-refractivity contribution in [2.75, 3.05) is 0 Å². The van der Waals surface area contributed by atoms with Crippen LogP contribution in [0, 0.1) is 0 Å². The van der Waals surface area contributed by atoms with Gasteiger partial charge in [0.1, 0.15) is 0 Å². The van der Waals surface area contributed by atoms with Gasteiger partial charge in [0.2, 0.25) is 0 Å². The zero-order valence-electron chi connectivity index (χ0n) is 10.1. The summed E-state index contributed by atoms with van der Waals surface area (Å²) in [5, 5.41) is 6.23. The van der Waals surface area contributed by atoms with Crippen molar-refractivity contribution < 1.29 is 4.79 Å². The lowest BCUT2D eigenvalue weighted by atomic mass is 9.95. The number of hydrogen-bond donors (Lipinski definition) is 2. The first kappa shape index (κ1) is 14.3. The second-order valence-corrected chi connectivity index (χ2v) is 5.29. The van der Waals surface area contributed by atoms with Crippen LogP contribution in [-0.4, -0.2) is 18.1 Å². The molecule has 2 aliphatic rings. The standard InChI is InChI=1S/C13H24N2O.CH4/c16-13(14-11-7-3-1-4-8-11)15-12-9-5-2-6-10-12;/h11-12H,1-10H2,(H2,14,15,16);1H4. The Hall–Kier alpha value is -0.730. The second kappa shape index (κ2) is 7.57. The molecule has 0 aromatic carbocycles. The molecule has 0 heterocycles. The average molecular weight is 240 g/mol. The van der Waals surface area contributed by atoms with Crippen molar-refractivity contribution in [3.05, 3.63) is 0 Å². The minimum Gasteiger partial charge on any atom is -0.335 e. The highest BCUT2D eigenvalue weighted by Crippen LogP contribution is 2.19. The van der Waals surface area contributed by atoms with Crippen molar-refractivity contribution in [3.63, 3.8) is 0 Å². The zero-order chi connectivity index (χ0) is 11.2. The number of carbonyl (C=O) groups excluding carboxylic acids is 1. The van der Waals surface area contributed by atoms with Gasteiger partial charge in [0.25, 0.3) is 0 Å². The van der Waals surface area contributed by atoms with Gasteiger partial charge in [-0.3, -0.25) is 0 Å². The normalized spacial score (nSPS) is 22.6. The molecular formula is C14H28N2O. The van der Waals surface area contributed by atoms with Crippen molar-refractivity contribution in [1.82, 2.24) is 10.6 Å². The molecule has 17 heavy (non-hydrogen) atoms. The molecule has 3 heteroatoms. The fraction of sp³-hybridized carbons (Fsp3) is 0.929. The molecule has 2 amide bonds. The highest BCUT2D eigenvalue weighted by Gasteiger charge is 2.19. The first-order valence-electron chi connectivity index (χ1n) is 6.91. The molecule has 100 valence electrons. The third-order valence-corrected chi connectivity index (χ3v) is 3.88. The predicted molar refractivity (Wildman–Crippen MR) is 72.1 cm³/mol. The Bertz CT molecular complexity index is 196. The molecule has 2 N–H and O–H groups in total. The molecule has 0 saturated heterocycles. The third-order valence-electron chi connectivity index (χ3n) is 3.88. The summed E-state index contributed by atoms with van der Waals surface area (Å²) in [5.74, 6) is 0. The van der Waals surface area contributed by atoms with Crippen LogP contribution in [-0.2, 0) is 0 Å². The molecular weight excluding hydrogens is 212 g/mol. The fourth-order valence-corrected chi connectivity index (χ4v) is 2.91. The van der Waals surface area contributed by atoms with E-state index in [1.165, 1.54) is 38.5 Å². The van der Waals surface area contributed by atoms with Gasteiger partial charge in [-0.2, -0.15) is 0 Å². The maximum Gasteiger partial charge on any atom is 0.315 e. The van der Waals surface area contributed by atoms with Gasteiger partial charge >= 0.3 is 6.03 Å². The Labute approximate surface area is 106 Å². The second-order valence-electron chi connectivity index (χ2n) is 5.29. The van der Waals surface area contributed by atoms with Crippen molar-refractivity contribution in [3.8, 4) is 0 Å². The minimum atomic E-state index is 0. The van der Waals surface area contributed by atoms with Crippen LogP contribution >= 0.6 is 0 Å². The number of nitrogens with one attached hydrogen (secondary N) is 2. The van der Waals surface area contributed by atoms with Crippen LogP contribution in [0.5, 0.6) is 0 Å². The van der Waals surface area contributed by atoms with Gasteiger partial charge in [-0.05, 0) is 25.7 Å². The Kier molecular flexibility index (Phi) is 6.38. The molecule has 0 aliphatic heterocycles. The van der Waals surface area contributed by atoms with E-state index in [-0.39, 0.29) is 13.5 Å². The van der Waals surface area contributed by atoms with Crippen LogP contribution in [0.25, 0.3) is 0 Å². The first-order chi connectivity index (χ1) is 7.84. The fourth-order valence-electron chi connectivity index (χ4n) is 2.91. The smallest absolute Gasteiger partial charge is 0.315 e. The van der Waals surface area contributed by atoms with Crippen LogP contribution in [0.3, 0.4) is 0 Å². The van der Waals surface area contributed by atoms with Crippen molar-refractivity contribution >= 4 is 6.03 Å². The summed E-state index contributed by atoms with van der Waals surface area (Å²) in [6, 6.07) is 0.925. The average Bonchev–Trinajstić information content (AvgIpc) is 2.31. The molecule has 2 saturated carbocycles. The summed E-state index contributed by atoms with van der Waals surface area (Å²) >= 11 is 0. The summed E-state index contributed by atoms with van der Waals surface area (Å²) in [5.41, 5.74) is 0. The monoisotopic (exact) mass is 240 g/mol. The van der Waals surface area contributed by atoms with Crippen LogP contribution < -0.4 is 10.6 Å². The number of urea groups is 1. The van der Waals surface area contributed by atoms with Crippen molar-refractivity contribution in [1.29, 1.82) is 0 Å². The van der Waals surface area contributed by atoms with Gasteiger partial charge in [0.05, 0.1) is 0 Å². The van der Waals surface area contributed by atoms with Gasteiger partial charge in [-0.25, -0.2) is 4.79 Å². The van der Waals surface area contributed by atoms with E-state index in [4.69, 9.17) is 0 Å². The van der Waals surface area contributed by atoms with E-state index in [1.54, 1.807) is 0 Å². The third kappa shape index (κ3) is 4.97. The molecule has 0 aromatic rings. The molecule has 0 radical (unpaired) electrons. The molecule has 2 aliphatic carbocycles. The summed E-state index contributed by atoms with van der Waals surface area (Å²) < 4.78 is 0. The molecule has 0 unspecified atom stereocenters. The Morgan fingerprint density at radius 3 is 1.41 bits per heavy atom. The predicted octanol–water partition coefficient (Wildman–Crippen LogP) is 3.59. The van der Waals surface area contributed by atoms with E-state index in [0.717, 1.165) is 25.7 Å². The van der Waals surface area contributed by atoms with Gasteiger partial charge in [-0.1, -0.05) is 46.0 Å². The Balaban J connectivity index is 0.00000144. The maximum absolute atomic E-state index is 11.8. The number of carbonyl (C=O) groups is 1. The summed E-state index contributed by atoms with van der Waals surface area (Å²) in [6.07, 6.45) is 12.4. The van der Waals surface area contributed by atoms with E-state index in [0.29, 0.717) is 12.1 Å². The lowest BCUT2D eigenvalue weighted by Gasteiger charge is -2.26. The number of hydrogen-bond acceptors (Lipinski definition) is 1. The summed E-state index contributed by atoms with van der Waals surface area (Å²) in [7, 11) is 0. The van der Waals surface area contributed by atoms with Crippen LogP contribution in [0.15, 0.2) is 0 Å². The lowest BCUT2D eigenvalue weighted by molar-refractivity contribution is 0.224. The van der Waals surface area contributed by atoms with E-state index in [9.17, 15) is 4.79 Å². The number of rotatable bonds is 2. The Morgan fingerprint density at radius 2 is 1.06 bits per heavy atom. The zero-order valence-corrected chi connectivity index (χ0v) is 10.1. The molecule has 3 nitrogen and oxygen atoms in total.